The van der Waals surface area contributed by atoms with Gasteiger partial charge in [-0.2, -0.15) is 0 Å². The van der Waals surface area contributed by atoms with E-state index in [-0.39, 0.29) is 6.03 Å². The molecule has 1 aliphatic rings. The van der Waals surface area contributed by atoms with Gasteiger partial charge < -0.3 is 26.6 Å². The minimum Gasteiger partial charge on any atom is -0.336 e. The fraction of sp³-hybridized carbons (Fsp3) is 0.909. The van der Waals surface area contributed by atoms with Gasteiger partial charge in [-0.3, -0.25) is 0 Å². The van der Waals surface area contributed by atoms with Crippen molar-refractivity contribution in [1.29, 1.82) is 0 Å². The van der Waals surface area contributed by atoms with Crippen LogP contribution in [0.3, 0.4) is 0 Å². The fourth-order valence-corrected chi connectivity index (χ4v) is 1.95. The highest BCUT2D eigenvalue weighted by Gasteiger charge is 2.19. The smallest absolute Gasteiger partial charge is 0.317 e. The lowest BCUT2D eigenvalue weighted by Gasteiger charge is -2.24. The highest BCUT2D eigenvalue weighted by atomic mass is 16.2. The summed E-state index contributed by atoms with van der Waals surface area (Å²) in [6, 6.07) is 0.0580. The van der Waals surface area contributed by atoms with Gasteiger partial charge in [0.25, 0.3) is 0 Å². The van der Waals surface area contributed by atoms with Crippen LogP contribution in [0.4, 0.5) is 4.79 Å². The predicted octanol–water partition coefficient (Wildman–Crippen LogP) is -0.989. The van der Waals surface area contributed by atoms with Crippen molar-refractivity contribution in [2.75, 3.05) is 52.4 Å². The molecule has 0 aromatic carbocycles. The maximum Gasteiger partial charge on any atom is 0.317 e. The van der Waals surface area contributed by atoms with E-state index < -0.39 is 0 Å². The molecular weight excluding hydrogens is 218 g/mol. The van der Waals surface area contributed by atoms with Crippen LogP contribution in [-0.4, -0.2) is 68.2 Å². The Kier molecular flexibility index (Phi) is 6.91. The first kappa shape index (κ1) is 14.2. The van der Waals surface area contributed by atoms with Crippen LogP contribution in [0, 0.1) is 0 Å². The lowest BCUT2D eigenvalue weighted by Crippen LogP contribution is -2.38. The molecule has 0 aromatic heterocycles. The van der Waals surface area contributed by atoms with Crippen LogP contribution in [0.2, 0.25) is 0 Å². The number of nitrogens with one attached hydrogen (secondary N) is 1. The first-order chi connectivity index (χ1) is 8.27. The minimum absolute atomic E-state index is 0.0580. The Bertz CT molecular complexity index is 216. The molecule has 0 unspecified atom stereocenters. The van der Waals surface area contributed by atoms with Gasteiger partial charge in [0.05, 0.1) is 0 Å². The molecule has 0 saturated carbocycles. The molecule has 1 heterocycles. The molecule has 5 N–H and O–H groups in total. The Morgan fingerprint density at radius 2 is 1.82 bits per heavy atom. The summed E-state index contributed by atoms with van der Waals surface area (Å²) in [6.07, 6.45) is 1.99. The third-order valence-corrected chi connectivity index (χ3v) is 2.99. The van der Waals surface area contributed by atoms with Gasteiger partial charge in [-0.05, 0) is 39.0 Å². The molecule has 6 heteroatoms. The van der Waals surface area contributed by atoms with E-state index >= 15 is 0 Å². The monoisotopic (exact) mass is 243 g/mol. The minimum atomic E-state index is 0.0580. The van der Waals surface area contributed by atoms with Crippen LogP contribution in [0.25, 0.3) is 0 Å². The normalized spacial score (nSPS) is 15.7. The number of carbonyl (C=O) groups excluding carboxylic acids is 1. The van der Waals surface area contributed by atoms with Crippen molar-refractivity contribution in [3.8, 4) is 0 Å². The van der Waals surface area contributed by atoms with Crippen LogP contribution in [0.1, 0.15) is 12.8 Å². The molecule has 6 nitrogen and oxygen atoms in total. The van der Waals surface area contributed by atoms with Gasteiger partial charge in [0.15, 0.2) is 0 Å². The number of carbonyl (C=O) groups is 1. The number of nitrogens with zero attached hydrogens (tertiary/aromatic N) is 2. The van der Waals surface area contributed by atoms with Crippen molar-refractivity contribution in [3.05, 3.63) is 0 Å². The highest BCUT2D eigenvalue weighted by Crippen LogP contribution is 1.99. The molecule has 100 valence electrons. The number of nitrogens with two attached hydrogens (primary N) is 2. The number of rotatable bonds is 9. The Labute approximate surface area is 103 Å². The molecular formula is C11H25N5O. The summed E-state index contributed by atoms with van der Waals surface area (Å²) in [4.78, 5) is 15.6. The van der Waals surface area contributed by atoms with E-state index in [1.54, 1.807) is 0 Å². The first-order valence-electron chi connectivity index (χ1n) is 6.43. The van der Waals surface area contributed by atoms with Crippen molar-refractivity contribution in [1.82, 2.24) is 15.1 Å². The van der Waals surface area contributed by atoms with Gasteiger partial charge in [-0.25, -0.2) is 4.79 Å². The largest absolute Gasteiger partial charge is 0.336 e. The summed E-state index contributed by atoms with van der Waals surface area (Å²) in [5.41, 5.74) is 11.0. The molecule has 1 fully saturated rings. The topological polar surface area (TPSA) is 87.6 Å². The maximum absolute atomic E-state index is 11.4. The van der Waals surface area contributed by atoms with Crippen molar-refractivity contribution in [2.45, 2.75) is 12.8 Å². The molecule has 0 aliphatic carbocycles. The van der Waals surface area contributed by atoms with Gasteiger partial charge in [0.2, 0.25) is 0 Å². The average Bonchev–Trinajstić information content (AvgIpc) is 2.74. The van der Waals surface area contributed by atoms with E-state index in [0.717, 1.165) is 52.1 Å². The predicted molar refractivity (Wildman–Crippen MR) is 68.8 cm³/mol. The third kappa shape index (κ3) is 5.34. The molecule has 0 spiro atoms. The van der Waals surface area contributed by atoms with E-state index in [2.05, 4.69) is 10.2 Å². The van der Waals surface area contributed by atoms with Crippen molar-refractivity contribution < 1.29 is 4.79 Å². The Morgan fingerprint density at radius 3 is 2.29 bits per heavy atom. The zero-order chi connectivity index (χ0) is 12.5. The zero-order valence-corrected chi connectivity index (χ0v) is 10.5. The van der Waals surface area contributed by atoms with E-state index in [4.69, 9.17) is 11.5 Å². The standard InChI is InChI=1S/C11H25N5O/c12-3-1-6-15(7-2-4-13)9-10-16-8-5-14-11(16)17/h1-10,12-13H2,(H,14,17). The number of amides is 2. The van der Waals surface area contributed by atoms with Gasteiger partial charge in [0.1, 0.15) is 0 Å². The summed E-state index contributed by atoms with van der Waals surface area (Å²) in [6.45, 7) is 6.70. The van der Waals surface area contributed by atoms with Crippen LogP contribution < -0.4 is 16.8 Å². The molecule has 0 aromatic rings. The van der Waals surface area contributed by atoms with Gasteiger partial charge >= 0.3 is 6.03 Å². The zero-order valence-electron chi connectivity index (χ0n) is 10.5. The molecule has 1 aliphatic heterocycles. The molecule has 0 radical (unpaired) electrons. The molecule has 0 atom stereocenters. The molecule has 17 heavy (non-hydrogen) atoms. The Balaban J connectivity index is 2.23. The fourth-order valence-electron chi connectivity index (χ4n) is 1.95. The van der Waals surface area contributed by atoms with E-state index in [1.165, 1.54) is 0 Å². The second kappa shape index (κ2) is 8.27. The van der Waals surface area contributed by atoms with Crippen molar-refractivity contribution in [3.63, 3.8) is 0 Å². The summed E-state index contributed by atoms with van der Waals surface area (Å²) in [5.74, 6) is 0. The number of urea groups is 1. The van der Waals surface area contributed by atoms with E-state index in [9.17, 15) is 4.79 Å². The van der Waals surface area contributed by atoms with Gasteiger partial charge in [-0.15, -0.1) is 0 Å². The average molecular weight is 243 g/mol. The molecule has 2 amide bonds. The number of hydrogen-bond acceptors (Lipinski definition) is 4. The van der Waals surface area contributed by atoms with Crippen molar-refractivity contribution in [2.24, 2.45) is 11.5 Å². The lowest BCUT2D eigenvalue weighted by molar-refractivity contribution is 0.200. The van der Waals surface area contributed by atoms with Crippen LogP contribution in [0.15, 0.2) is 0 Å². The highest BCUT2D eigenvalue weighted by molar-refractivity contribution is 5.76. The lowest BCUT2D eigenvalue weighted by atomic mass is 10.3. The summed E-state index contributed by atoms with van der Waals surface area (Å²) in [7, 11) is 0. The Hall–Kier alpha value is -0.850. The summed E-state index contributed by atoms with van der Waals surface area (Å²) < 4.78 is 0. The van der Waals surface area contributed by atoms with Crippen molar-refractivity contribution >= 4 is 6.03 Å². The van der Waals surface area contributed by atoms with Crippen LogP contribution in [0.5, 0.6) is 0 Å². The summed E-state index contributed by atoms with van der Waals surface area (Å²) >= 11 is 0. The maximum atomic E-state index is 11.4. The van der Waals surface area contributed by atoms with Crippen LogP contribution >= 0.6 is 0 Å². The second-order valence-corrected chi connectivity index (χ2v) is 4.35. The SMILES string of the molecule is NCCCN(CCCN)CCN1CCNC1=O. The second-order valence-electron chi connectivity index (χ2n) is 4.35. The molecule has 1 saturated heterocycles. The molecule has 1 rings (SSSR count). The van der Waals surface area contributed by atoms with E-state index in [1.807, 2.05) is 4.90 Å². The van der Waals surface area contributed by atoms with Gasteiger partial charge in [0, 0.05) is 26.2 Å². The van der Waals surface area contributed by atoms with Gasteiger partial charge in [-0.1, -0.05) is 0 Å². The Morgan fingerprint density at radius 1 is 1.18 bits per heavy atom. The quantitative estimate of drug-likeness (QED) is 0.485. The first-order valence-corrected chi connectivity index (χ1v) is 6.43. The molecule has 0 bridgehead atoms. The number of hydrogen-bond donors (Lipinski definition) is 3. The summed E-state index contributed by atoms with van der Waals surface area (Å²) in [5, 5.41) is 2.81. The third-order valence-electron chi connectivity index (χ3n) is 2.99. The van der Waals surface area contributed by atoms with E-state index in [0.29, 0.717) is 13.1 Å². The van der Waals surface area contributed by atoms with Crippen LogP contribution in [-0.2, 0) is 0 Å².